The molecule has 0 unspecified atom stereocenters. The molecule has 0 saturated carbocycles. The minimum absolute atomic E-state index is 0. The van der Waals surface area contributed by atoms with Crippen molar-refractivity contribution < 1.29 is 14.3 Å². The molecule has 168 valence electrons. The van der Waals surface area contributed by atoms with Gasteiger partial charge in [0.2, 0.25) is 0 Å². The maximum Gasteiger partial charge on any atom is 0.343 e. The Morgan fingerprint density at radius 1 is 1.10 bits per heavy atom. The minimum Gasteiger partial charge on any atom is -0.482 e. The van der Waals surface area contributed by atoms with Crippen LogP contribution in [-0.4, -0.2) is 24.7 Å². The number of halogens is 2. The van der Waals surface area contributed by atoms with E-state index < -0.39 is 5.97 Å². The van der Waals surface area contributed by atoms with Crippen LogP contribution in [-0.2, 0) is 22.5 Å². The predicted molar refractivity (Wildman–Crippen MR) is 130 cm³/mol. The van der Waals surface area contributed by atoms with E-state index >= 15 is 0 Å². The number of aromatic nitrogens is 1. The van der Waals surface area contributed by atoms with Gasteiger partial charge < -0.3 is 15.2 Å². The summed E-state index contributed by atoms with van der Waals surface area (Å²) in [6.45, 7) is 6.70. The number of hydrogen-bond donors (Lipinski definition) is 1. The summed E-state index contributed by atoms with van der Waals surface area (Å²) in [6.07, 6.45) is 0.863. The van der Waals surface area contributed by atoms with Crippen LogP contribution in [0.15, 0.2) is 42.5 Å². The Kier molecular flexibility index (Phi) is 10.2. The van der Waals surface area contributed by atoms with E-state index in [4.69, 9.17) is 15.5 Å². The van der Waals surface area contributed by atoms with Crippen molar-refractivity contribution in [2.45, 2.75) is 33.7 Å². The maximum atomic E-state index is 11.4. The zero-order valence-corrected chi connectivity index (χ0v) is 19.9. The highest BCUT2D eigenvalue weighted by molar-refractivity contribution is 5.97. The number of nitrogens with two attached hydrogens (primary N) is 1. The van der Waals surface area contributed by atoms with Gasteiger partial charge in [-0.3, -0.25) is 4.98 Å². The number of benzene rings is 2. The highest BCUT2D eigenvalue weighted by Crippen LogP contribution is 2.35. The molecule has 0 saturated heterocycles. The van der Waals surface area contributed by atoms with E-state index in [-0.39, 0.29) is 31.4 Å². The lowest BCUT2D eigenvalue weighted by molar-refractivity contribution is -0.142. The third-order valence-electron chi connectivity index (χ3n) is 4.87. The SMILES string of the molecule is COC(=O)COc1ccc2nc(CC(C)C)c(CN)c(-c3ccc(C)cc3)c2c1.Cl.Cl. The smallest absolute Gasteiger partial charge is 0.343 e. The van der Waals surface area contributed by atoms with Gasteiger partial charge in [-0.2, -0.15) is 0 Å². The van der Waals surface area contributed by atoms with Gasteiger partial charge >= 0.3 is 5.97 Å². The van der Waals surface area contributed by atoms with Crippen LogP contribution in [0.4, 0.5) is 0 Å². The largest absolute Gasteiger partial charge is 0.482 e. The highest BCUT2D eigenvalue weighted by Gasteiger charge is 2.17. The Morgan fingerprint density at radius 2 is 1.77 bits per heavy atom. The molecule has 5 nitrogen and oxygen atoms in total. The lowest BCUT2D eigenvalue weighted by Crippen LogP contribution is -2.13. The lowest BCUT2D eigenvalue weighted by Gasteiger charge is -2.18. The number of carbonyl (C=O) groups excluding carboxylic acids is 1. The fourth-order valence-corrected chi connectivity index (χ4v) is 3.45. The number of aryl methyl sites for hydroxylation is 1. The molecule has 0 spiro atoms. The molecule has 1 aromatic heterocycles. The third kappa shape index (κ3) is 6.33. The Hall–Kier alpha value is -2.34. The maximum absolute atomic E-state index is 11.4. The standard InChI is InChI=1S/C24H28N2O3.2ClH/c1-15(2)11-22-20(13-25)24(17-7-5-16(3)6-8-17)19-12-18(9-10-21(19)26-22)29-14-23(27)28-4;;/h5-10,12,15H,11,13-14,25H2,1-4H3;2*1H. The van der Waals surface area contributed by atoms with Gasteiger partial charge in [0.25, 0.3) is 0 Å². The summed E-state index contributed by atoms with van der Waals surface area (Å²) < 4.78 is 10.3. The first-order valence-electron chi connectivity index (χ1n) is 9.85. The molecule has 0 atom stereocenters. The van der Waals surface area contributed by atoms with Gasteiger partial charge in [0.15, 0.2) is 6.61 Å². The monoisotopic (exact) mass is 464 g/mol. The zero-order valence-electron chi connectivity index (χ0n) is 18.3. The zero-order chi connectivity index (χ0) is 21.0. The number of methoxy groups -OCH3 is 1. The molecular weight excluding hydrogens is 435 g/mol. The van der Waals surface area contributed by atoms with Crippen molar-refractivity contribution in [2.24, 2.45) is 11.7 Å². The quantitative estimate of drug-likeness (QED) is 0.482. The van der Waals surface area contributed by atoms with Gasteiger partial charge in [0, 0.05) is 17.6 Å². The summed E-state index contributed by atoms with van der Waals surface area (Å²) in [5, 5.41) is 0.962. The first kappa shape index (κ1) is 26.7. The molecule has 2 aromatic carbocycles. The molecule has 2 N–H and O–H groups in total. The van der Waals surface area contributed by atoms with E-state index in [2.05, 4.69) is 49.8 Å². The summed E-state index contributed by atoms with van der Waals surface area (Å²) in [4.78, 5) is 16.4. The Labute approximate surface area is 196 Å². The van der Waals surface area contributed by atoms with Crippen LogP contribution in [0.5, 0.6) is 5.75 Å². The number of pyridine rings is 1. The highest BCUT2D eigenvalue weighted by atomic mass is 35.5. The first-order valence-corrected chi connectivity index (χ1v) is 9.85. The van der Waals surface area contributed by atoms with Crippen molar-refractivity contribution in [1.29, 1.82) is 0 Å². The molecule has 0 radical (unpaired) electrons. The van der Waals surface area contributed by atoms with Crippen LogP contribution in [0.3, 0.4) is 0 Å². The second-order valence-electron chi connectivity index (χ2n) is 7.62. The third-order valence-corrected chi connectivity index (χ3v) is 4.87. The normalized spacial score (nSPS) is 10.4. The number of ether oxygens (including phenoxy) is 2. The van der Waals surface area contributed by atoms with Crippen molar-refractivity contribution in [3.05, 3.63) is 59.3 Å². The van der Waals surface area contributed by atoms with Crippen LogP contribution in [0.25, 0.3) is 22.0 Å². The van der Waals surface area contributed by atoms with E-state index in [1.165, 1.54) is 12.7 Å². The molecule has 0 aliphatic carbocycles. The van der Waals surface area contributed by atoms with Crippen molar-refractivity contribution in [3.63, 3.8) is 0 Å². The van der Waals surface area contributed by atoms with Gasteiger partial charge in [-0.25, -0.2) is 4.79 Å². The average Bonchev–Trinajstić information content (AvgIpc) is 2.71. The molecule has 1 heterocycles. The van der Waals surface area contributed by atoms with Gasteiger partial charge in [0.05, 0.1) is 12.6 Å². The topological polar surface area (TPSA) is 74.4 Å². The molecule has 0 aliphatic heterocycles. The molecule has 0 amide bonds. The predicted octanol–water partition coefficient (Wildman–Crippen LogP) is 5.26. The van der Waals surface area contributed by atoms with Crippen LogP contribution < -0.4 is 10.5 Å². The number of nitrogens with zero attached hydrogens (tertiary/aromatic N) is 1. The van der Waals surface area contributed by atoms with Crippen molar-refractivity contribution in [1.82, 2.24) is 4.98 Å². The van der Waals surface area contributed by atoms with Crippen LogP contribution in [0.2, 0.25) is 0 Å². The summed E-state index contributed by atoms with van der Waals surface area (Å²) >= 11 is 0. The number of esters is 1. The summed E-state index contributed by atoms with van der Waals surface area (Å²) in [5.41, 5.74) is 12.6. The van der Waals surface area contributed by atoms with E-state index in [0.29, 0.717) is 18.2 Å². The van der Waals surface area contributed by atoms with Crippen molar-refractivity contribution in [2.75, 3.05) is 13.7 Å². The first-order chi connectivity index (χ1) is 13.9. The molecule has 7 heteroatoms. The molecular formula is C24H30Cl2N2O3. The molecule has 31 heavy (non-hydrogen) atoms. The summed E-state index contributed by atoms with van der Waals surface area (Å²) in [6, 6.07) is 14.1. The summed E-state index contributed by atoms with van der Waals surface area (Å²) in [5.74, 6) is 0.647. The Morgan fingerprint density at radius 3 is 2.35 bits per heavy atom. The van der Waals surface area contributed by atoms with Crippen LogP contribution in [0, 0.1) is 12.8 Å². The molecule has 0 fully saturated rings. The van der Waals surface area contributed by atoms with E-state index in [9.17, 15) is 4.79 Å². The van der Waals surface area contributed by atoms with E-state index in [0.717, 1.165) is 39.7 Å². The van der Waals surface area contributed by atoms with Crippen LogP contribution >= 0.6 is 24.8 Å². The molecule has 0 aliphatic rings. The van der Waals surface area contributed by atoms with Gasteiger partial charge in [0.1, 0.15) is 5.75 Å². The Bertz CT molecular complexity index is 1020. The number of rotatable bonds is 7. The molecule has 0 bridgehead atoms. The van der Waals surface area contributed by atoms with Gasteiger partial charge in [-0.05, 0) is 54.2 Å². The second kappa shape index (κ2) is 11.9. The number of carbonyl (C=O) groups is 1. The van der Waals surface area contributed by atoms with Crippen molar-refractivity contribution in [3.8, 4) is 16.9 Å². The Balaban J connectivity index is 0.00000240. The molecule has 3 rings (SSSR count). The second-order valence-corrected chi connectivity index (χ2v) is 7.62. The van der Waals surface area contributed by atoms with E-state index in [1.54, 1.807) is 0 Å². The van der Waals surface area contributed by atoms with E-state index in [1.807, 2.05) is 18.2 Å². The van der Waals surface area contributed by atoms with Crippen LogP contribution in [0.1, 0.15) is 30.7 Å². The molecule has 3 aromatic rings. The fraction of sp³-hybridized carbons (Fsp3) is 0.333. The van der Waals surface area contributed by atoms with Crippen molar-refractivity contribution >= 4 is 41.7 Å². The lowest BCUT2D eigenvalue weighted by atomic mass is 9.91. The van der Waals surface area contributed by atoms with Gasteiger partial charge in [-0.1, -0.05) is 43.7 Å². The number of hydrogen-bond acceptors (Lipinski definition) is 5. The fourth-order valence-electron chi connectivity index (χ4n) is 3.45. The minimum atomic E-state index is -0.420. The van der Waals surface area contributed by atoms with Gasteiger partial charge in [-0.15, -0.1) is 24.8 Å². The summed E-state index contributed by atoms with van der Waals surface area (Å²) in [7, 11) is 1.34. The number of fused-ring (bicyclic) bond motifs is 1. The average molecular weight is 465 g/mol.